The fourth-order valence-corrected chi connectivity index (χ4v) is 4.84. The molecule has 6 rings (SSSR count). The van der Waals surface area contributed by atoms with Gasteiger partial charge in [-0.25, -0.2) is 13.8 Å². The second-order valence-corrected chi connectivity index (χ2v) is 9.25. The summed E-state index contributed by atoms with van der Waals surface area (Å²) in [6.07, 6.45) is 8.95. The van der Waals surface area contributed by atoms with Crippen LogP contribution in [0.4, 0.5) is 8.78 Å². The molecule has 4 heterocycles. The van der Waals surface area contributed by atoms with E-state index in [9.17, 15) is 13.6 Å². The normalized spacial score (nSPS) is 20.7. The molecule has 34 heavy (non-hydrogen) atoms. The van der Waals surface area contributed by atoms with Crippen molar-refractivity contribution in [2.75, 3.05) is 6.61 Å². The molecule has 4 aromatic rings. The Labute approximate surface area is 194 Å². The summed E-state index contributed by atoms with van der Waals surface area (Å²) >= 11 is 0. The lowest BCUT2D eigenvalue weighted by Gasteiger charge is -2.31. The first-order chi connectivity index (χ1) is 16.5. The summed E-state index contributed by atoms with van der Waals surface area (Å²) in [5, 5.41) is 5.02. The minimum atomic E-state index is -0.676. The molecule has 0 radical (unpaired) electrons. The Kier molecular flexibility index (Phi) is 5.06. The van der Waals surface area contributed by atoms with Crippen molar-refractivity contribution in [3.05, 3.63) is 82.2 Å². The van der Waals surface area contributed by atoms with Gasteiger partial charge < -0.3 is 9.30 Å². The number of nitrogens with zero attached hydrogens (tertiary/aromatic N) is 4. The Morgan fingerprint density at radius 3 is 2.68 bits per heavy atom. The Morgan fingerprint density at radius 1 is 1.03 bits per heavy atom. The average molecular weight is 463 g/mol. The smallest absolute Gasteiger partial charge is 0.277 e. The maximum Gasteiger partial charge on any atom is 0.277 e. The first-order valence-corrected chi connectivity index (χ1v) is 11.6. The van der Waals surface area contributed by atoms with Gasteiger partial charge in [0.25, 0.3) is 5.56 Å². The zero-order valence-electron chi connectivity index (χ0n) is 18.7. The van der Waals surface area contributed by atoms with Gasteiger partial charge in [0.15, 0.2) is 0 Å². The molecule has 0 bridgehead atoms. The number of rotatable bonds is 4. The van der Waals surface area contributed by atoms with Crippen molar-refractivity contribution in [3.8, 4) is 11.1 Å². The lowest BCUT2D eigenvalue weighted by atomic mass is 9.97. The molecule has 0 amide bonds. The SMILES string of the molecule is Cc1ccc2c(-c3ccc(F)cc3F)cn([C@@H]3CCO[C@@H](c4cnn(C5CC5)c4)C3)c(=O)c2n1. The summed E-state index contributed by atoms with van der Waals surface area (Å²) in [6.45, 7) is 2.31. The quantitative estimate of drug-likeness (QED) is 0.414. The number of hydrogen-bond donors (Lipinski definition) is 0. The maximum absolute atomic E-state index is 14.8. The van der Waals surface area contributed by atoms with Gasteiger partial charge in [-0.1, -0.05) is 6.07 Å². The average Bonchev–Trinajstić information content (AvgIpc) is 3.56. The first kappa shape index (κ1) is 21.2. The summed E-state index contributed by atoms with van der Waals surface area (Å²) in [5.41, 5.74) is 2.52. The van der Waals surface area contributed by atoms with Crippen LogP contribution >= 0.6 is 0 Å². The minimum Gasteiger partial charge on any atom is -0.373 e. The van der Waals surface area contributed by atoms with Crippen molar-refractivity contribution in [2.24, 2.45) is 0 Å². The second kappa shape index (κ2) is 8.13. The third-order valence-corrected chi connectivity index (χ3v) is 6.82. The molecular weight excluding hydrogens is 438 g/mol. The van der Waals surface area contributed by atoms with Gasteiger partial charge in [-0.3, -0.25) is 9.48 Å². The summed E-state index contributed by atoms with van der Waals surface area (Å²) in [6, 6.07) is 7.40. The molecule has 0 spiro atoms. The molecule has 2 aliphatic rings. The van der Waals surface area contributed by atoms with E-state index in [4.69, 9.17) is 4.74 Å². The van der Waals surface area contributed by atoms with Crippen LogP contribution in [-0.2, 0) is 4.74 Å². The van der Waals surface area contributed by atoms with Crippen molar-refractivity contribution >= 4 is 10.9 Å². The highest BCUT2D eigenvalue weighted by Gasteiger charge is 2.30. The topological polar surface area (TPSA) is 61.9 Å². The van der Waals surface area contributed by atoms with Gasteiger partial charge >= 0.3 is 0 Å². The monoisotopic (exact) mass is 462 g/mol. The van der Waals surface area contributed by atoms with Gasteiger partial charge in [0.05, 0.1) is 18.3 Å². The van der Waals surface area contributed by atoms with Gasteiger partial charge in [0, 0.05) is 58.9 Å². The summed E-state index contributed by atoms with van der Waals surface area (Å²) < 4.78 is 38.1. The number of aryl methyl sites for hydroxylation is 1. The van der Waals surface area contributed by atoms with E-state index in [1.54, 1.807) is 22.9 Å². The number of ether oxygens (including phenoxy) is 1. The van der Waals surface area contributed by atoms with Gasteiger partial charge in [-0.15, -0.1) is 0 Å². The third-order valence-electron chi connectivity index (χ3n) is 6.82. The van der Waals surface area contributed by atoms with Crippen LogP contribution in [0.2, 0.25) is 0 Å². The lowest BCUT2D eigenvalue weighted by molar-refractivity contribution is -0.00760. The number of aromatic nitrogens is 4. The van der Waals surface area contributed by atoms with Crippen LogP contribution in [-0.4, -0.2) is 25.9 Å². The predicted molar refractivity (Wildman–Crippen MR) is 124 cm³/mol. The molecule has 8 heteroatoms. The molecule has 174 valence electrons. The maximum atomic E-state index is 14.8. The van der Waals surface area contributed by atoms with E-state index < -0.39 is 11.6 Å². The van der Waals surface area contributed by atoms with Crippen LogP contribution in [0.25, 0.3) is 22.0 Å². The Balaban J connectivity index is 1.44. The highest BCUT2D eigenvalue weighted by atomic mass is 19.1. The van der Waals surface area contributed by atoms with Crippen molar-refractivity contribution in [3.63, 3.8) is 0 Å². The van der Waals surface area contributed by atoms with E-state index in [0.29, 0.717) is 42.1 Å². The van der Waals surface area contributed by atoms with Crippen molar-refractivity contribution in [1.29, 1.82) is 0 Å². The van der Waals surface area contributed by atoms with Crippen LogP contribution in [0.15, 0.2) is 53.7 Å². The Morgan fingerprint density at radius 2 is 1.88 bits per heavy atom. The van der Waals surface area contributed by atoms with Crippen LogP contribution in [0.1, 0.15) is 55.1 Å². The lowest BCUT2D eigenvalue weighted by Crippen LogP contribution is -2.31. The highest BCUT2D eigenvalue weighted by molar-refractivity contribution is 5.94. The molecule has 1 aliphatic heterocycles. The van der Waals surface area contributed by atoms with Gasteiger partial charge in [0.1, 0.15) is 17.2 Å². The van der Waals surface area contributed by atoms with E-state index in [1.807, 2.05) is 24.0 Å². The molecule has 1 saturated heterocycles. The molecule has 2 fully saturated rings. The molecule has 1 aromatic carbocycles. The molecule has 2 atom stereocenters. The molecule has 1 aliphatic carbocycles. The van der Waals surface area contributed by atoms with Crippen molar-refractivity contribution in [1.82, 2.24) is 19.3 Å². The molecule has 3 aromatic heterocycles. The van der Waals surface area contributed by atoms with E-state index in [2.05, 4.69) is 10.1 Å². The Hall–Kier alpha value is -3.39. The first-order valence-electron chi connectivity index (χ1n) is 11.6. The highest BCUT2D eigenvalue weighted by Crippen LogP contribution is 2.38. The van der Waals surface area contributed by atoms with Crippen LogP contribution in [0, 0.1) is 18.6 Å². The third kappa shape index (κ3) is 3.72. The molecular formula is C26H24F2N4O2. The molecule has 1 saturated carbocycles. The zero-order valence-corrected chi connectivity index (χ0v) is 18.7. The van der Waals surface area contributed by atoms with E-state index >= 15 is 0 Å². The fourth-order valence-electron chi connectivity index (χ4n) is 4.84. The predicted octanol–water partition coefficient (Wildman–Crippen LogP) is 5.27. The number of hydrogen-bond acceptors (Lipinski definition) is 4. The van der Waals surface area contributed by atoms with Crippen molar-refractivity contribution < 1.29 is 13.5 Å². The van der Waals surface area contributed by atoms with Crippen LogP contribution < -0.4 is 5.56 Å². The molecule has 0 unspecified atom stereocenters. The van der Waals surface area contributed by atoms with E-state index in [1.165, 1.54) is 12.1 Å². The van der Waals surface area contributed by atoms with Crippen LogP contribution in [0.5, 0.6) is 0 Å². The number of benzene rings is 1. The van der Waals surface area contributed by atoms with E-state index in [0.717, 1.165) is 24.5 Å². The van der Waals surface area contributed by atoms with Gasteiger partial charge in [-0.2, -0.15) is 5.10 Å². The Bertz CT molecular complexity index is 1460. The standard InChI is InChI=1S/C26H24F2N4O2/c1-15-2-6-21-22(20-7-3-17(27)10-23(20)28)14-31(26(33)25(21)30-15)19-8-9-34-24(11-19)16-12-29-32(13-16)18-4-5-18/h2-3,6-7,10,12-14,18-19,24H,4-5,8-9,11H2,1H3/t19-,24-/m1/s1. The number of fused-ring (bicyclic) bond motifs is 1. The number of halogens is 2. The summed E-state index contributed by atoms with van der Waals surface area (Å²) in [7, 11) is 0. The van der Waals surface area contributed by atoms with Gasteiger partial charge in [0.2, 0.25) is 0 Å². The second-order valence-electron chi connectivity index (χ2n) is 9.25. The summed E-state index contributed by atoms with van der Waals surface area (Å²) in [4.78, 5) is 18.0. The zero-order chi connectivity index (χ0) is 23.4. The molecule has 0 N–H and O–H groups in total. The largest absolute Gasteiger partial charge is 0.373 e. The minimum absolute atomic E-state index is 0.149. The van der Waals surface area contributed by atoms with Crippen molar-refractivity contribution in [2.45, 2.75) is 50.8 Å². The van der Waals surface area contributed by atoms with Gasteiger partial charge in [-0.05, 0) is 50.8 Å². The summed E-state index contributed by atoms with van der Waals surface area (Å²) in [5.74, 6) is -1.32. The van der Waals surface area contributed by atoms with Crippen LogP contribution in [0.3, 0.4) is 0 Å². The molecule has 6 nitrogen and oxygen atoms in total. The number of pyridine rings is 2. The fraction of sp³-hybridized carbons (Fsp3) is 0.346. The van der Waals surface area contributed by atoms with E-state index in [-0.39, 0.29) is 28.8 Å².